The van der Waals surface area contributed by atoms with E-state index in [1.807, 2.05) is 0 Å². The Morgan fingerprint density at radius 3 is 3.00 bits per heavy atom. The Morgan fingerprint density at radius 1 is 1.70 bits per heavy atom. The smallest absolute Gasteiger partial charge is 0.0582 e. The van der Waals surface area contributed by atoms with Crippen molar-refractivity contribution in [1.29, 1.82) is 0 Å². The van der Waals surface area contributed by atoms with Gasteiger partial charge in [-0.05, 0) is 18.8 Å². The van der Waals surface area contributed by atoms with Crippen LogP contribution in [0.15, 0.2) is 0 Å². The molecular formula is C7H15NO2. The van der Waals surface area contributed by atoms with Crippen LogP contribution in [0, 0.1) is 5.92 Å². The van der Waals surface area contributed by atoms with E-state index in [9.17, 15) is 0 Å². The van der Waals surface area contributed by atoms with Crippen LogP contribution < -0.4 is 5.73 Å². The molecule has 0 radical (unpaired) electrons. The molecule has 0 aromatic carbocycles. The Kier molecular flexibility index (Phi) is 3.12. The lowest BCUT2D eigenvalue weighted by Crippen LogP contribution is -2.27. The molecule has 1 rings (SSSR count). The molecule has 0 amide bonds. The molecular weight excluding hydrogens is 130 g/mol. The lowest BCUT2D eigenvalue weighted by molar-refractivity contribution is 0.177. The van der Waals surface area contributed by atoms with Crippen LogP contribution in [0.1, 0.15) is 12.8 Å². The first kappa shape index (κ1) is 7.98. The third-order valence-corrected chi connectivity index (χ3v) is 1.89. The molecule has 0 aliphatic carbocycles. The van der Waals surface area contributed by atoms with Gasteiger partial charge in [-0.15, -0.1) is 0 Å². The fourth-order valence-electron chi connectivity index (χ4n) is 1.27. The zero-order chi connectivity index (χ0) is 7.40. The van der Waals surface area contributed by atoms with E-state index in [0.717, 1.165) is 26.1 Å². The van der Waals surface area contributed by atoms with E-state index >= 15 is 0 Å². The first-order chi connectivity index (χ1) is 4.83. The molecule has 10 heavy (non-hydrogen) atoms. The summed E-state index contributed by atoms with van der Waals surface area (Å²) in [6, 6.07) is -0.0494. The number of rotatable bonds is 3. The molecule has 3 heteroatoms. The monoisotopic (exact) mass is 145 g/mol. The number of nitrogens with two attached hydrogens (primary N) is 1. The molecule has 2 unspecified atom stereocenters. The van der Waals surface area contributed by atoms with Crippen molar-refractivity contribution in [2.75, 3.05) is 19.8 Å². The van der Waals surface area contributed by atoms with E-state index in [4.69, 9.17) is 15.6 Å². The van der Waals surface area contributed by atoms with Crippen molar-refractivity contribution in [3.8, 4) is 0 Å². The van der Waals surface area contributed by atoms with Crippen LogP contribution in [0.25, 0.3) is 0 Å². The van der Waals surface area contributed by atoms with Crippen molar-refractivity contribution in [1.82, 2.24) is 0 Å². The average molecular weight is 145 g/mol. The van der Waals surface area contributed by atoms with Gasteiger partial charge in [-0.1, -0.05) is 0 Å². The third-order valence-electron chi connectivity index (χ3n) is 1.89. The molecule has 60 valence electrons. The Balaban J connectivity index is 2.11. The van der Waals surface area contributed by atoms with Gasteiger partial charge in [0.25, 0.3) is 0 Å². The summed E-state index contributed by atoms with van der Waals surface area (Å²) in [6.07, 6.45) is 2.00. The summed E-state index contributed by atoms with van der Waals surface area (Å²) < 4.78 is 5.17. The number of aliphatic hydroxyl groups is 1. The Bertz CT molecular complexity index is 91.6. The van der Waals surface area contributed by atoms with Gasteiger partial charge in [0.2, 0.25) is 0 Å². The van der Waals surface area contributed by atoms with E-state index in [1.165, 1.54) is 0 Å². The van der Waals surface area contributed by atoms with Crippen LogP contribution in [-0.4, -0.2) is 31.0 Å². The minimum Gasteiger partial charge on any atom is -0.395 e. The molecule has 1 fully saturated rings. The highest BCUT2D eigenvalue weighted by Gasteiger charge is 2.17. The molecule has 0 spiro atoms. The zero-order valence-electron chi connectivity index (χ0n) is 6.12. The molecule has 3 nitrogen and oxygen atoms in total. The van der Waals surface area contributed by atoms with Crippen LogP contribution in [0.3, 0.4) is 0 Å². The fourth-order valence-corrected chi connectivity index (χ4v) is 1.27. The van der Waals surface area contributed by atoms with Gasteiger partial charge >= 0.3 is 0 Å². The van der Waals surface area contributed by atoms with Gasteiger partial charge in [-0.2, -0.15) is 0 Å². The summed E-state index contributed by atoms with van der Waals surface area (Å²) in [6.45, 7) is 1.78. The van der Waals surface area contributed by atoms with E-state index < -0.39 is 0 Å². The van der Waals surface area contributed by atoms with Crippen molar-refractivity contribution >= 4 is 0 Å². The lowest BCUT2D eigenvalue weighted by atomic mass is 10.0. The van der Waals surface area contributed by atoms with E-state index in [-0.39, 0.29) is 12.6 Å². The maximum Gasteiger partial charge on any atom is 0.0582 e. The summed E-state index contributed by atoms with van der Waals surface area (Å²) in [7, 11) is 0. The number of ether oxygens (including phenoxy) is 1. The molecule has 1 saturated heterocycles. The van der Waals surface area contributed by atoms with Crippen LogP contribution in [0.5, 0.6) is 0 Å². The highest BCUT2D eigenvalue weighted by atomic mass is 16.5. The zero-order valence-corrected chi connectivity index (χ0v) is 6.12. The van der Waals surface area contributed by atoms with Gasteiger partial charge in [0, 0.05) is 19.3 Å². The molecule has 1 aliphatic heterocycles. The predicted molar refractivity (Wildman–Crippen MR) is 38.6 cm³/mol. The third kappa shape index (κ3) is 2.25. The average Bonchev–Trinajstić information content (AvgIpc) is 2.40. The van der Waals surface area contributed by atoms with Crippen molar-refractivity contribution in [3.05, 3.63) is 0 Å². The second-order valence-electron chi connectivity index (χ2n) is 2.91. The second-order valence-corrected chi connectivity index (χ2v) is 2.91. The number of hydrogen-bond donors (Lipinski definition) is 2. The maximum absolute atomic E-state index is 8.63. The van der Waals surface area contributed by atoms with Crippen LogP contribution in [-0.2, 0) is 4.74 Å². The molecule has 1 heterocycles. The quantitative estimate of drug-likeness (QED) is 0.575. The molecule has 0 bridgehead atoms. The fraction of sp³-hybridized carbons (Fsp3) is 1.00. The summed E-state index contributed by atoms with van der Waals surface area (Å²) >= 11 is 0. The molecule has 0 aromatic heterocycles. The highest BCUT2D eigenvalue weighted by Crippen LogP contribution is 2.16. The van der Waals surface area contributed by atoms with Gasteiger partial charge < -0.3 is 15.6 Å². The Morgan fingerprint density at radius 2 is 2.50 bits per heavy atom. The highest BCUT2D eigenvalue weighted by molar-refractivity contribution is 4.70. The molecule has 2 atom stereocenters. The van der Waals surface area contributed by atoms with Crippen LogP contribution in [0.2, 0.25) is 0 Å². The van der Waals surface area contributed by atoms with Gasteiger partial charge in [-0.25, -0.2) is 0 Å². The van der Waals surface area contributed by atoms with Crippen molar-refractivity contribution < 1.29 is 9.84 Å². The topological polar surface area (TPSA) is 55.5 Å². The normalized spacial score (nSPS) is 28.8. The first-order valence-electron chi connectivity index (χ1n) is 3.77. The number of aliphatic hydroxyl groups excluding tert-OH is 1. The minimum absolute atomic E-state index is 0.0494. The Hall–Kier alpha value is -0.120. The molecule has 3 N–H and O–H groups in total. The van der Waals surface area contributed by atoms with Crippen LogP contribution >= 0.6 is 0 Å². The van der Waals surface area contributed by atoms with E-state index in [1.54, 1.807) is 0 Å². The summed E-state index contributed by atoms with van der Waals surface area (Å²) in [5.74, 6) is 0.585. The first-order valence-corrected chi connectivity index (χ1v) is 3.77. The van der Waals surface area contributed by atoms with Gasteiger partial charge in [0.1, 0.15) is 0 Å². The van der Waals surface area contributed by atoms with Gasteiger partial charge in [0.15, 0.2) is 0 Å². The van der Waals surface area contributed by atoms with Crippen molar-refractivity contribution in [2.45, 2.75) is 18.9 Å². The predicted octanol–water partition coefficient (Wildman–Crippen LogP) is -0.267. The minimum atomic E-state index is -0.0494. The van der Waals surface area contributed by atoms with Gasteiger partial charge in [-0.3, -0.25) is 0 Å². The summed E-state index contributed by atoms with van der Waals surface area (Å²) in [5.41, 5.74) is 5.55. The maximum atomic E-state index is 8.63. The standard InChI is InChI=1S/C7H15NO2/c8-7(4-9)3-6-1-2-10-5-6/h6-7,9H,1-5,8H2. The molecule has 1 aliphatic rings. The van der Waals surface area contributed by atoms with Crippen LogP contribution in [0.4, 0.5) is 0 Å². The Labute approximate surface area is 61.2 Å². The van der Waals surface area contributed by atoms with E-state index in [0.29, 0.717) is 5.92 Å². The largest absolute Gasteiger partial charge is 0.395 e. The van der Waals surface area contributed by atoms with Gasteiger partial charge in [0.05, 0.1) is 6.61 Å². The number of hydrogen-bond acceptors (Lipinski definition) is 3. The molecule has 0 aromatic rings. The second kappa shape index (κ2) is 3.91. The lowest BCUT2D eigenvalue weighted by Gasteiger charge is -2.11. The van der Waals surface area contributed by atoms with E-state index in [2.05, 4.69) is 0 Å². The summed E-state index contributed by atoms with van der Waals surface area (Å²) in [4.78, 5) is 0. The summed E-state index contributed by atoms with van der Waals surface area (Å²) in [5, 5.41) is 8.63. The van der Waals surface area contributed by atoms with Crippen molar-refractivity contribution in [2.24, 2.45) is 11.7 Å². The van der Waals surface area contributed by atoms with Crippen molar-refractivity contribution in [3.63, 3.8) is 0 Å². The molecule has 0 saturated carbocycles. The SMILES string of the molecule is NC(CO)CC1CCOC1.